The van der Waals surface area contributed by atoms with Crippen LogP contribution in [0, 0.1) is 0 Å². The van der Waals surface area contributed by atoms with Crippen LogP contribution in [0.4, 0.5) is 0 Å². The Morgan fingerprint density at radius 2 is 1.84 bits per heavy atom. The van der Waals surface area contributed by atoms with Gasteiger partial charge in [0.2, 0.25) is 0 Å². The van der Waals surface area contributed by atoms with Crippen LogP contribution >= 0.6 is 0 Å². The van der Waals surface area contributed by atoms with Gasteiger partial charge in [-0.3, -0.25) is 0 Å². The van der Waals surface area contributed by atoms with Gasteiger partial charge < -0.3 is 15.0 Å². The molecular weight excluding hydrogens is 236 g/mol. The maximum Gasteiger partial charge on any atom is 0.119 e. The van der Waals surface area contributed by atoms with Crippen LogP contribution < -0.4 is 10.1 Å². The molecule has 19 heavy (non-hydrogen) atoms. The van der Waals surface area contributed by atoms with E-state index in [9.17, 15) is 0 Å². The summed E-state index contributed by atoms with van der Waals surface area (Å²) in [7, 11) is 4.22. The van der Waals surface area contributed by atoms with E-state index in [1.807, 2.05) is 0 Å². The smallest absolute Gasteiger partial charge is 0.119 e. The number of ether oxygens (including phenoxy) is 1. The van der Waals surface area contributed by atoms with Crippen LogP contribution in [0.15, 0.2) is 24.3 Å². The number of unbranched alkanes of at least 4 members (excludes halogenated alkanes) is 1. The van der Waals surface area contributed by atoms with Gasteiger partial charge in [0, 0.05) is 6.54 Å². The van der Waals surface area contributed by atoms with Gasteiger partial charge in [0.1, 0.15) is 5.75 Å². The Labute approximate surface area is 118 Å². The standard InChI is InChI=1S/C16H28N2O/c1-4-5-13-19-16-9-7-15(8-10-16)14-17-11-6-12-18(2)3/h7-10,17H,4-6,11-14H2,1-3H3. The largest absolute Gasteiger partial charge is 0.494 e. The van der Waals surface area contributed by atoms with Gasteiger partial charge in [0.05, 0.1) is 6.61 Å². The molecule has 0 spiro atoms. The Morgan fingerprint density at radius 1 is 1.11 bits per heavy atom. The minimum atomic E-state index is 0.818. The number of hydrogen-bond donors (Lipinski definition) is 1. The summed E-state index contributed by atoms with van der Waals surface area (Å²) in [5.74, 6) is 0.977. The number of benzene rings is 1. The van der Waals surface area contributed by atoms with Crippen LogP contribution in [-0.2, 0) is 6.54 Å². The zero-order valence-corrected chi connectivity index (χ0v) is 12.6. The summed E-state index contributed by atoms with van der Waals surface area (Å²) in [5.41, 5.74) is 1.31. The number of nitrogens with zero attached hydrogens (tertiary/aromatic N) is 1. The van der Waals surface area contributed by atoms with Crippen molar-refractivity contribution in [3.63, 3.8) is 0 Å². The number of hydrogen-bond acceptors (Lipinski definition) is 3. The van der Waals surface area contributed by atoms with Crippen molar-refractivity contribution in [3.05, 3.63) is 29.8 Å². The maximum absolute atomic E-state index is 5.64. The maximum atomic E-state index is 5.64. The summed E-state index contributed by atoms with van der Waals surface area (Å²) in [4.78, 5) is 2.21. The predicted molar refractivity (Wildman–Crippen MR) is 81.7 cm³/mol. The van der Waals surface area contributed by atoms with Gasteiger partial charge in [-0.2, -0.15) is 0 Å². The summed E-state index contributed by atoms with van der Waals surface area (Å²) < 4.78 is 5.64. The molecule has 0 bridgehead atoms. The summed E-state index contributed by atoms with van der Waals surface area (Å²) in [6.45, 7) is 6.12. The average Bonchev–Trinajstić information content (AvgIpc) is 2.40. The first kappa shape index (κ1) is 16.0. The highest BCUT2D eigenvalue weighted by molar-refractivity contribution is 5.27. The lowest BCUT2D eigenvalue weighted by molar-refractivity contribution is 0.309. The van der Waals surface area contributed by atoms with E-state index in [4.69, 9.17) is 4.74 Å². The minimum absolute atomic E-state index is 0.818. The molecule has 1 N–H and O–H groups in total. The Bertz CT molecular complexity index is 322. The normalized spacial score (nSPS) is 10.9. The third-order valence-electron chi connectivity index (χ3n) is 2.98. The van der Waals surface area contributed by atoms with E-state index in [0.717, 1.165) is 38.4 Å². The predicted octanol–water partition coefficient (Wildman–Crippen LogP) is 2.91. The topological polar surface area (TPSA) is 24.5 Å². The van der Waals surface area contributed by atoms with Gasteiger partial charge >= 0.3 is 0 Å². The molecule has 0 aromatic heterocycles. The molecule has 0 aliphatic heterocycles. The van der Waals surface area contributed by atoms with E-state index in [0.29, 0.717) is 0 Å². The lowest BCUT2D eigenvalue weighted by Crippen LogP contribution is -2.20. The van der Waals surface area contributed by atoms with Crippen LogP contribution in [0.25, 0.3) is 0 Å². The molecule has 0 saturated heterocycles. The first-order valence-corrected chi connectivity index (χ1v) is 7.29. The molecule has 0 saturated carbocycles. The van der Waals surface area contributed by atoms with Gasteiger partial charge in [-0.25, -0.2) is 0 Å². The highest BCUT2D eigenvalue weighted by atomic mass is 16.5. The first-order chi connectivity index (χ1) is 9.22. The van der Waals surface area contributed by atoms with Crippen molar-refractivity contribution in [3.8, 4) is 5.75 Å². The molecule has 3 nitrogen and oxygen atoms in total. The minimum Gasteiger partial charge on any atom is -0.494 e. The van der Waals surface area contributed by atoms with E-state index in [-0.39, 0.29) is 0 Å². The second-order valence-electron chi connectivity index (χ2n) is 5.18. The van der Waals surface area contributed by atoms with Crippen LogP contribution in [0.3, 0.4) is 0 Å². The summed E-state index contributed by atoms with van der Waals surface area (Å²) in [5, 5.41) is 3.46. The van der Waals surface area contributed by atoms with Gasteiger partial charge in [-0.15, -0.1) is 0 Å². The molecule has 1 rings (SSSR count). The van der Waals surface area contributed by atoms with Crippen LogP contribution in [0.1, 0.15) is 31.7 Å². The second kappa shape index (κ2) is 9.82. The lowest BCUT2D eigenvalue weighted by atomic mass is 10.2. The van der Waals surface area contributed by atoms with E-state index < -0.39 is 0 Å². The van der Waals surface area contributed by atoms with Crippen molar-refractivity contribution >= 4 is 0 Å². The van der Waals surface area contributed by atoms with E-state index >= 15 is 0 Å². The quantitative estimate of drug-likeness (QED) is 0.658. The monoisotopic (exact) mass is 264 g/mol. The van der Waals surface area contributed by atoms with Crippen molar-refractivity contribution in [1.29, 1.82) is 0 Å². The molecule has 1 aromatic carbocycles. The van der Waals surface area contributed by atoms with E-state index in [1.165, 1.54) is 18.4 Å². The molecule has 0 heterocycles. The second-order valence-corrected chi connectivity index (χ2v) is 5.18. The Kier molecular flexibility index (Phi) is 8.26. The zero-order chi connectivity index (χ0) is 13.9. The molecule has 0 unspecified atom stereocenters. The molecule has 0 atom stereocenters. The van der Waals surface area contributed by atoms with Crippen LogP contribution in [0.2, 0.25) is 0 Å². The highest BCUT2D eigenvalue weighted by Gasteiger charge is 1.96. The van der Waals surface area contributed by atoms with Crippen LogP contribution in [0.5, 0.6) is 5.75 Å². The third-order valence-corrected chi connectivity index (χ3v) is 2.98. The molecular formula is C16H28N2O. The number of rotatable bonds is 10. The lowest BCUT2D eigenvalue weighted by Gasteiger charge is -2.10. The van der Waals surface area contributed by atoms with Gasteiger partial charge in [-0.05, 0) is 57.7 Å². The summed E-state index contributed by atoms with van der Waals surface area (Å²) in [6.07, 6.45) is 3.48. The van der Waals surface area contributed by atoms with Gasteiger partial charge in [0.25, 0.3) is 0 Å². The van der Waals surface area contributed by atoms with Crippen LogP contribution in [-0.4, -0.2) is 38.7 Å². The molecule has 108 valence electrons. The third kappa shape index (κ3) is 7.85. The fourth-order valence-electron chi connectivity index (χ4n) is 1.79. The molecule has 0 aliphatic carbocycles. The SMILES string of the molecule is CCCCOc1ccc(CNCCCN(C)C)cc1. The van der Waals surface area contributed by atoms with Crippen molar-refractivity contribution in [2.45, 2.75) is 32.7 Å². The highest BCUT2D eigenvalue weighted by Crippen LogP contribution is 2.12. The zero-order valence-electron chi connectivity index (χ0n) is 12.6. The van der Waals surface area contributed by atoms with Crippen molar-refractivity contribution in [1.82, 2.24) is 10.2 Å². The first-order valence-electron chi connectivity index (χ1n) is 7.29. The molecule has 0 amide bonds. The van der Waals surface area contributed by atoms with Gasteiger partial charge in [0.15, 0.2) is 0 Å². The molecule has 1 aromatic rings. The fraction of sp³-hybridized carbons (Fsp3) is 0.625. The molecule has 3 heteroatoms. The average molecular weight is 264 g/mol. The van der Waals surface area contributed by atoms with E-state index in [2.05, 4.69) is 55.5 Å². The summed E-state index contributed by atoms with van der Waals surface area (Å²) >= 11 is 0. The molecule has 0 aliphatic rings. The number of nitrogens with one attached hydrogen (secondary N) is 1. The molecule has 0 fully saturated rings. The van der Waals surface area contributed by atoms with Crippen molar-refractivity contribution in [2.75, 3.05) is 33.8 Å². The Hall–Kier alpha value is -1.06. The fourth-order valence-corrected chi connectivity index (χ4v) is 1.79. The Morgan fingerprint density at radius 3 is 2.47 bits per heavy atom. The molecule has 0 radical (unpaired) electrons. The summed E-state index contributed by atoms with van der Waals surface area (Å²) in [6, 6.07) is 8.40. The van der Waals surface area contributed by atoms with Crippen molar-refractivity contribution in [2.24, 2.45) is 0 Å². The Balaban J connectivity index is 2.17. The van der Waals surface area contributed by atoms with E-state index in [1.54, 1.807) is 0 Å². The van der Waals surface area contributed by atoms with Crippen molar-refractivity contribution < 1.29 is 4.74 Å². The van der Waals surface area contributed by atoms with Gasteiger partial charge in [-0.1, -0.05) is 25.5 Å².